The lowest BCUT2D eigenvalue weighted by atomic mass is 10.2. The van der Waals surface area contributed by atoms with Gasteiger partial charge < -0.3 is 10.1 Å². The Morgan fingerprint density at radius 1 is 1.38 bits per heavy atom. The average Bonchev–Trinajstić information content (AvgIpc) is 2.80. The lowest BCUT2D eigenvalue weighted by Gasteiger charge is -2.06. The van der Waals surface area contributed by atoms with Crippen LogP contribution in [0.3, 0.4) is 0 Å². The highest BCUT2D eigenvalue weighted by atomic mass is 79.9. The van der Waals surface area contributed by atoms with Crippen LogP contribution in [0.5, 0.6) is 5.75 Å². The van der Waals surface area contributed by atoms with Crippen molar-refractivity contribution in [3.63, 3.8) is 0 Å². The van der Waals surface area contributed by atoms with Gasteiger partial charge >= 0.3 is 0 Å². The second-order valence-electron chi connectivity index (χ2n) is 4.99. The molecule has 4 nitrogen and oxygen atoms in total. The smallest absolute Gasteiger partial charge is 0.120 e. The predicted molar refractivity (Wildman–Crippen MR) is 88.6 cm³/mol. The van der Waals surface area contributed by atoms with Crippen molar-refractivity contribution >= 4 is 15.9 Å². The lowest BCUT2D eigenvalue weighted by Crippen LogP contribution is -2.14. The van der Waals surface area contributed by atoms with E-state index in [1.165, 1.54) is 5.56 Å². The van der Waals surface area contributed by atoms with Crippen LogP contribution in [0.25, 0.3) is 0 Å². The van der Waals surface area contributed by atoms with Gasteiger partial charge in [0.05, 0.1) is 12.2 Å². The number of benzene rings is 1. The van der Waals surface area contributed by atoms with Crippen LogP contribution in [0.1, 0.15) is 24.6 Å². The van der Waals surface area contributed by atoms with Gasteiger partial charge in [-0.05, 0) is 38.1 Å². The number of aromatic nitrogens is 2. The van der Waals surface area contributed by atoms with Crippen LogP contribution in [0, 0.1) is 6.92 Å². The molecule has 0 unspecified atom stereocenters. The quantitative estimate of drug-likeness (QED) is 0.739. The number of ether oxygens (including phenoxy) is 1. The maximum Gasteiger partial charge on any atom is 0.120 e. The largest absolute Gasteiger partial charge is 0.492 e. The fraction of sp³-hybridized carbons (Fsp3) is 0.438. The van der Waals surface area contributed by atoms with Crippen molar-refractivity contribution in [2.75, 3.05) is 13.2 Å². The van der Waals surface area contributed by atoms with Gasteiger partial charge in [0.2, 0.25) is 0 Å². The number of hydrogen-bond donors (Lipinski definition) is 1. The number of aryl methyl sites for hydroxylation is 1. The van der Waals surface area contributed by atoms with Crippen LogP contribution in [0.2, 0.25) is 0 Å². The van der Waals surface area contributed by atoms with E-state index >= 15 is 0 Å². The van der Waals surface area contributed by atoms with Crippen molar-refractivity contribution in [1.82, 2.24) is 15.1 Å². The Morgan fingerprint density at radius 3 is 3.00 bits per heavy atom. The molecule has 0 radical (unpaired) electrons. The van der Waals surface area contributed by atoms with Crippen molar-refractivity contribution in [2.45, 2.75) is 33.4 Å². The Bertz CT molecular complexity index is 568. The highest BCUT2D eigenvalue weighted by molar-refractivity contribution is 9.10. The minimum absolute atomic E-state index is 0.611. The summed E-state index contributed by atoms with van der Waals surface area (Å²) in [5.41, 5.74) is 2.34. The molecular formula is C16H22BrN3O. The number of nitrogens with zero attached hydrogens (tertiary/aromatic N) is 2. The molecule has 0 saturated carbocycles. The van der Waals surface area contributed by atoms with Gasteiger partial charge in [0, 0.05) is 22.8 Å². The second-order valence-corrected chi connectivity index (χ2v) is 5.90. The molecule has 0 fully saturated rings. The molecule has 1 aromatic heterocycles. The zero-order valence-corrected chi connectivity index (χ0v) is 14.2. The van der Waals surface area contributed by atoms with Crippen molar-refractivity contribution in [1.29, 1.82) is 0 Å². The van der Waals surface area contributed by atoms with E-state index in [0.29, 0.717) is 6.61 Å². The lowest BCUT2D eigenvalue weighted by molar-refractivity contribution is 0.291. The van der Waals surface area contributed by atoms with Gasteiger partial charge in [-0.15, -0.1) is 0 Å². The van der Waals surface area contributed by atoms with E-state index in [2.05, 4.69) is 46.4 Å². The van der Waals surface area contributed by atoms with Crippen LogP contribution in [0.4, 0.5) is 0 Å². The molecule has 0 saturated heterocycles. The van der Waals surface area contributed by atoms with Crippen molar-refractivity contribution in [2.24, 2.45) is 0 Å². The standard InChI is InChI=1S/C16H22BrN3O/c1-3-7-18-11-14-12-20(19-13(14)2)8-9-21-16-6-4-5-15(17)10-16/h4-6,10,12,18H,3,7-9,11H2,1-2H3. The van der Waals surface area contributed by atoms with Gasteiger partial charge in [-0.3, -0.25) is 4.68 Å². The molecule has 0 aliphatic heterocycles. The first-order valence-electron chi connectivity index (χ1n) is 7.31. The van der Waals surface area contributed by atoms with Gasteiger partial charge in [0.1, 0.15) is 12.4 Å². The molecule has 2 rings (SSSR count). The first-order valence-corrected chi connectivity index (χ1v) is 8.10. The zero-order valence-electron chi connectivity index (χ0n) is 12.6. The molecule has 0 amide bonds. The minimum atomic E-state index is 0.611. The molecule has 0 bridgehead atoms. The van der Waals surface area contributed by atoms with Crippen LogP contribution in [-0.4, -0.2) is 22.9 Å². The third-order valence-corrected chi connectivity index (χ3v) is 3.67. The van der Waals surface area contributed by atoms with Crippen LogP contribution >= 0.6 is 15.9 Å². The predicted octanol–water partition coefficient (Wildman–Crippen LogP) is 3.53. The summed E-state index contributed by atoms with van der Waals surface area (Å²) in [4.78, 5) is 0. The molecule has 0 atom stereocenters. The molecule has 1 heterocycles. The highest BCUT2D eigenvalue weighted by Gasteiger charge is 2.04. The summed E-state index contributed by atoms with van der Waals surface area (Å²) < 4.78 is 8.71. The summed E-state index contributed by atoms with van der Waals surface area (Å²) in [5.74, 6) is 0.873. The van der Waals surface area contributed by atoms with E-state index in [1.54, 1.807) is 0 Å². The number of hydrogen-bond acceptors (Lipinski definition) is 3. The van der Waals surface area contributed by atoms with Gasteiger partial charge in [0.25, 0.3) is 0 Å². The maximum atomic E-state index is 5.73. The summed E-state index contributed by atoms with van der Waals surface area (Å²) in [5, 5.41) is 7.93. The van der Waals surface area contributed by atoms with Crippen molar-refractivity contribution < 1.29 is 4.74 Å². The van der Waals surface area contributed by atoms with E-state index < -0.39 is 0 Å². The summed E-state index contributed by atoms with van der Waals surface area (Å²) >= 11 is 3.44. The van der Waals surface area contributed by atoms with Gasteiger partial charge in [0.15, 0.2) is 0 Å². The Balaban J connectivity index is 1.82. The maximum absolute atomic E-state index is 5.73. The average molecular weight is 352 g/mol. The Morgan fingerprint density at radius 2 is 2.24 bits per heavy atom. The number of halogens is 1. The third-order valence-electron chi connectivity index (χ3n) is 3.18. The first kappa shape index (κ1) is 16.0. The summed E-state index contributed by atoms with van der Waals surface area (Å²) in [6.07, 6.45) is 3.25. The van der Waals surface area contributed by atoms with Gasteiger partial charge in [-0.1, -0.05) is 28.9 Å². The molecule has 1 aromatic carbocycles. The summed E-state index contributed by atoms with van der Waals surface area (Å²) in [6, 6.07) is 7.88. The zero-order chi connectivity index (χ0) is 15.1. The molecular weight excluding hydrogens is 330 g/mol. The minimum Gasteiger partial charge on any atom is -0.492 e. The molecule has 1 N–H and O–H groups in total. The normalized spacial score (nSPS) is 10.8. The molecule has 0 aliphatic rings. The van der Waals surface area contributed by atoms with Crippen molar-refractivity contribution in [3.8, 4) is 5.75 Å². The van der Waals surface area contributed by atoms with E-state index in [0.717, 1.165) is 42.0 Å². The fourth-order valence-electron chi connectivity index (χ4n) is 2.06. The van der Waals surface area contributed by atoms with Crippen molar-refractivity contribution in [3.05, 3.63) is 46.2 Å². The van der Waals surface area contributed by atoms with Crippen LogP contribution < -0.4 is 10.1 Å². The van der Waals surface area contributed by atoms with E-state index in [-0.39, 0.29) is 0 Å². The molecule has 0 spiro atoms. The first-order chi connectivity index (χ1) is 10.2. The SMILES string of the molecule is CCCNCc1cn(CCOc2cccc(Br)c2)nc1C. The fourth-order valence-corrected chi connectivity index (χ4v) is 2.44. The Labute approximate surface area is 134 Å². The monoisotopic (exact) mass is 351 g/mol. The summed E-state index contributed by atoms with van der Waals surface area (Å²) in [6.45, 7) is 7.50. The molecule has 2 aromatic rings. The Kier molecular flexibility index (Phi) is 6.26. The summed E-state index contributed by atoms with van der Waals surface area (Å²) in [7, 11) is 0. The van der Waals surface area contributed by atoms with Crippen LogP contribution in [0.15, 0.2) is 34.9 Å². The topological polar surface area (TPSA) is 39.1 Å². The molecule has 114 valence electrons. The van der Waals surface area contributed by atoms with E-state index in [4.69, 9.17) is 4.74 Å². The van der Waals surface area contributed by atoms with E-state index in [9.17, 15) is 0 Å². The number of rotatable bonds is 8. The molecule has 0 aliphatic carbocycles. The number of nitrogens with one attached hydrogen (secondary N) is 1. The highest BCUT2D eigenvalue weighted by Crippen LogP contribution is 2.17. The Hall–Kier alpha value is -1.33. The molecule has 5 heteroatoms. The molecule has 21 heavy (non-hydrogen) atoms. The second kappa shape index (κ2) is 8.20. The third kappa shape index (κ3) is 5.17. The van der Waals surface area contributed by atoms with Crippen LogP contribution in [-0.2, 0) is 13.1 Å². The van der Waals surface area contributed by atoms with Gasteiger partial charge in [-0.2, -0.15) is 5.10 Å². The van der Waals surface area contributed by atoms with E-state index in [1.807, 2.05) is 28.9 Å². The van der Waals surface area contributed by atoms with Gasteiger partial charge in [-0.25, -0.2) is 0 Å².